The molecule has 0 aliphatic rings. The minimum Gasteiger partial charge on any atom is -0.105 e. The van der Waals surface area contributed by atoms with Gasteiger partial charge in [0.2, 0.25) is 0 Å². The number of rotatable bonds is 2. The summed E-state index contributed by atoms with van der Waals surface area (Å²) in [6.45, 7) is 0. The lowest BCUT2D eigenvalue weighted by atomic mass is 10.2. The number of alkyl halides is 2. The number of hydrogen-bond donors (Lipinski definition) is 0. The van der Waals surface area contributed by atoms with E-state index in [0.717, 1.165) is 5.56 Å². The minimum atomic E-state index is -0.590. The smallest absolute Gasteiger partial charge is 0.105 e. The van der Waals surface area contributed by atoms with E-state index >= 15 is 0 Å². The van der Waals surface area contributed by atoms with Crippen molar-refractivity contribution >= 4 is 58.0 Å². The van der Waals surface area contributed by atoms with Gasteiger partial charge in [-0.2, -0.15) is 0 Å². The minimum absolute atomic E-state index is 0.334. The fourth-order valence-electron chi connectivity index (χ4n) is 0.817. The lowest BCUT2D eigenvalue weighted by Crippen LogP contribution is -1.91. The SMILES string of the molecule is Clc1cc([CH]C(Cl)Cl)cc(Cl)c1Cl. The van der Waals surface area contributed by atoms with Gasteiger partial charge in [-0.05, 0) is 17.7 Å². The van der Waals surface area contributed by atoms with Gasteiger partial charge in [0.05, 0.1) is 15.1 Å². The van der Waals surface area contributed by atoms with Crippen molar-refractivity contribution in [3.8, 4) is 0 Å². The van der Waals surface area contributed by atoms with Crippen molar-refractivity contribution in [2.24, 2.45) is 0 Å². The molecule has 1 radical (unpaired) electrons. The van der Waals surface area contributed by atoms with Crippen LogP contribution in [0.3, 0.4) is 0 Å². The summed E-state index contributed by atoms with van der Waals surface area (Å²) in [5.74, 6) is 0. The van der Waals surface area contributed by atoms with E-state index in [-0.39, 0.29) is 0 Å². The summed E-state index contributed by atoms with van der Waals surface area (Å²) in [7, 11) is 0. The Morgan fingerprint density at radius 3 is 1.85 bits per heavy atom. The Bertz CT molecular complexity index is 284. The maximum absolute atomic E-state index is 5.78. The predicted octanol–water partition coefficient (Wildman–Crippen LogP) is 5.00. The second kappa shape index (κ2) is 4.95. The molecule has 0 aliphatic carbocycles. The fourth-order valence-corrected chi connectivity index (χ4v) is 1.72. The molecule has 0 bridgehead atoms. The average Bonchev–Trinajstić information content (AvgIpc) is 1.98. The molecule has 13 heavy (non-hydrogen) atoms. The topological polar surface area (TPSA) is 0 Å². The highest BCUT2D eigenvalue weighted by Crippen LogP contribution is 2.32. The molecule has 0 aliphatic heterocycles. The zero-order chi connectivity index (χ0) is 10.0. The standard InChI is InChI=1S/C8H4Cl5/c9-5-1-4(3-7(11)12)2-6(10)8(5)13/h1-3,7H. The van der Waals surface area contributed by atoms with Crippen molar-refractivity contribution in [2.75, 3.05) is 0 Å². The summed E-state index contributed by atoms with van der Waals surface area (Å²) in [5.41, 5.74) is 0.745. The van der Waals surface area contributed by atoms with Gasteiger partial charge in [-0.25, -0.2) is 0 Å². The molecule has 0 saturated heterocycles. The first kappa shape index (κ1) is 11.7. The number of hydrogen-bond acceptors (Lipinski definition) is 0. The van der Waals surface area contributed by atoms with E-state index in [1.165, 1.54) is 0 Å². The van der Waals surface area contributed by atoms with Crippen molar-refractivity contribution in [1.82, 2.24) is 0 Å². The van der Waals surface area contributed by atoms with Crippen molar-refractivity contribution in [3.05, 3.63) is 39.2 Å². The third kappa shape index (κ3) is 3.38. The Balaban J connectivity index is 2.99. The molecule has 0 unspecified atom stereocenters. The number of halogens is 5. The van der Waals surface area contributed by atoms with E-state index in [4.69, 9.17) is 58.0 Å². The van der Waals surface area contributed by atoms with Crippen LogP contribution in [0.25, 0.3) is 0 Å². The largest absolute Gasteiger partial charge is 0.115 e. The predicted molar refractivity (Wildman–Crippen MR) is 60.4 cm³/mol. The molecule has 0 saturated carbocycles. The molecule has 0 fully saturated rings. The highest BCUT2D eigenvalue weighted by molar-refractivity contribution is 6.48. The molecule has 0 atom stereocenters. The molecule has 0 amide bonds. The second-order valence-electron chi connectivity index (χ2n) is 2.30. The van der Waals surface area contributed by atoms with E-state index in [2.05, 4.69) is 0 Å². The zero-order valence-electron chi connectivity index (χ0n) is 6.20. The first-order chi connectivity index (χ1) is 6.00. The third-order valence-corrected chi connectivity index (χ3v) is 2.77. The molecule has 0 spiro atoms. The van der Waals surface area contributed by atoms with Gasteiger partial charge < -0.3 is 0 Å². The second-order valence-corrected chi connectivity index (χ2v) is 4.66. The van der Waals surface area contributed by atoms with Crippen LogP contribution < -0.4 is 0 Å². The van der Waals surface area contributed by atoms with E-state index in [9.17, 15) is 0 Å². The number of benzene rings is 1. The molecule has 5 heteroatoms. The van der Waals surface area contributed by atoms with Gasteiger partial charge in [0, 0.05) is 6.42 Å². The Morgan fingerprint density at radius 2 is 1.46 bits per heavy atom. The Kier molecular flexibility index (Phi) is 4.47. The van der Waals surface area contributed by atoms with Crippen molar-refractivity contribution < 1.29 is 0 Å². The monoisotopic (exact) mass is 275 g/mol. The van der Waals surface area contributed by atoms with Crippen LogP contribution in [-0.4, -0.2) is 4.84 Å². The molecule has 71 valence electrons. The lowest BCUT2D eigenvalue weighted by Gasteiger charge is -2.04. The van der Waals surface area contributed by atoms with Crippen LogP contribution in [0.5, 0.6) is 0 Å². The normalized spacial score (nSPS) is 10.9. The van der Waals surface area contributed by atoms with Gasteiger partial charge >= 0.3 is 0 Å². The molecule has 1 aromatic carbocycles. The van der Waals surface area contributed by atoms with Crippen LogP contribution in [0.15, 0.2) is 12.1 Å². The fraction of sp³-hybridized carbons (Fsp3) is 0.125. The van der Waals surface area contributed by atoms with E-state index in [1.54, 1.807) is 18.6 Å². The molecule has 1 aromatic rings. The maximum atomic E-state index is 5.78. The molecular formula is C8H4Cl5. The zero-order valence-corrected chi connectivity index (χ0v) is 9.98. The third-order valence-electron chi connectivity index (χ3n) is 1.32. The van der Waals surface area contributed by atoms with Crippen LogP contribution in [0.1, 0.15) is 5.56 Å². The first-order valence-electron chi connectivity index (χ1n) is 3.28. The molecule has 0 aromatic heterocycles. The van der Waals surface area contributed by atoms with Gasteiger partial charge in [-0.1, -0.05) is 34.8 Å². The van der Waals surface area contributed by atoms with Gasteiger partial charge in [0.25, 0.3) is 0 Å². The summed E-state index contributed by atoms with van der Waals surface area (Å²) < 4.78 is 0. The summed E-state index contributed by atoms with van der Waals surface area (Å²) in [6.07, 6.45) is 1.61. The summed E-state index contributed by atoms with van der Waals surface area (Å²) in [4.78, 5) is -0.590. The Hall–Kier alpha value is 0.670. The van der Waals surface area contributed by atoms with Crippen molar-refractivity contribution in [3.63, 3.8) is 0 Å². The molecule has 0 heterocycles. The molecular weight excluding hydrogens is 273 g/mol. The van der Waals surface area contributed by atoms with E-state index in [1.807, 2.05) is 0 Å². The van der Waals surface area contributed by atoms with Crippen LogP contribution in [0.4, 0.5) is 0 Å². The maximum Gasteiger partial charge on any atom is 0.115 e. The van der Waals surface area contributed by atoms with Crippen molar-refractivity contribution in [1.29, 1.82) is 0 Å². The van der Waals surface area contributed by atoms with Crippen LogP contribution in [0.2, 0.25) is 15.1 Å². The molecule has 0 N–H and O–H groups in total. The average molecular weight is 277 g/mol. The molecule has 0 nitrogen and oxygen atoms in total. The van der Waals surface area contributed by atoms with Gasteiger partial charge in [-0.15, -0.1) is 23.2 Å². The Labute approximate surface area is 102 Å². The van der Waals surface area contributed by atoms with Crippen molar-refractivity contribution in [2.45, 2.75) is 4.84 Å². The highest BCUT2D eigenvalue weighted by atomic mass is 35.5. The quantitative estimate of drug-likeness (QED) is 0.527. The van der Waals surface area contributed by atoms with Gasteiger partial charge in [-0.3, -0.25) is 0 Å². The molecule has 1 rings (SSSR count). The first-order valence-corrected chi connectivity index (χ1v) is 5.29. The van der Waals surface area contributed by atoms with Crippen LogP contribution >= 0.6 is 58.0 Å². The van der Waals surface area contributed by atoms with Crippen LogP contribution in [0, 0.1) is 6.42 Å². The summed E-state index contributed by atoms with van der Waals surface area (Å²) in [5, 5.41) is 1.10. The highest BCUT2D eigenvalue weighted by Gasteiger charge is 2.08. The van der Waals surface area contributed by atoms with Gasteiger partial charge in [0.1, 0.15) is 4.84 Å². The van der Waals surface area contributed by atoms with E-state index in [0.29, 0.717) is 15.1 Å². The van der Waals surface area contributed by atoms with Gasteiger partial charge in [0.15, 0.2) is 0 Å². The van der Waals surface area contributed by atoms with Crippen LogP contribution in [-0.2, 0) is 0 Å². The summed E-state index contributed by atoms with van der Waals surface area (Å²) >= 11 is 28.4. The lowest BCUT2D eigenvalue weighted by molar-refractivity contribution is 1.36. The van der Waals surface area contributed by atoms with E-state index < -0.39 is 4.84 Å². The summed E-state index contributed by atoms with van der Waals surface area (Å²) in [6, 6.07) is 3.29. The Morgan fingerprint density at radius 1 is 1.00 bits per heavy atom.